The number of carbonyl (C=O) groups is 3. The Bertz CT molecular complexity index is 1350. The van der Waals surface area contributed by atoms with Crippen molar-refractivity contribution < 1.29 is 14.4 Å². The Hall–Kier alpha value is -3.92. The van der Waals surface area contributed by atoms with E-state index in [0.717, 1.165) is 11.3 Å². The Morgan fingerprint density at radius 2 is 1.78 bits per heavy atom. The topological polar surface area (TPSA) is 131 Å². The number of carbonyl (C=O) groups excluding carboxylic acids is 3. The Kier molecular flexibility index (Phi) is 7.54. The molecular weight excluding hydrogens is 484 g/mol. The fourth-order valence-corrected chi connectivity index (χ4v) is 4.34. The average molecular weight is 511 g/mol. The molecule has 3 N–H and O–H groups in total. The highest BCUT2D eigenvalue weighted by Gasteiger charge is 2.21. The van der Waals surface area contributed by atoms with Gasteiger partial charge in [-0.2, -0.15) is 0 Å². The molecule has 0 spiro atoms. The molecule has 1 aromatic heterocycles. The summed E-state index contributed by atoms with van der Waals surface area (Å²) in [5.74, 6) is -1.17. The van der Waals surface area contributed by atoms with Gasteiger partial charge in [-0.15, -0.1) is 0 Å². The first-order valence-corrected chi connectivity index (χ1v) is 11.9. The molecule has 0 aliphatic carbocycles. The summed E-state index contributed by atoms with van der Waals surface area (Å²) < 4.78 is 1.20. The third-order valence-electron chi connectivity index (χ3n) is 6.24. The van der Waals surface area contributed by atoms with Gasteiger partial charge in [-0.1, -0.05) is 23.7 Å². The number of benzene rings is 2. The van der Waals surface area contributed by atoms with Crippen molar-refractivity contribution in [1.82, 2.24) is 19.8 Å². The van der Waals surface area contributed by atoms with Gasteiger partial charge >= 0.3 is 0 Å². The van der Waals surface area contributed by atoms with Crippen molar-refractivity contribution in [2.24, 2.45) is 5.73 Å². The van der Waals surface area contributed by atoms with Crippen molar-refractivity contribution in [3.05, 3.63) is 69.7 Å². The van der Waals surface area contributed by atoms with Crippen LogP contribution in [0.25, 0.3) is 10.9 Å². The second-order valence-electron chi connectivity index (χ2n) is 8.73. The monoisotopic (exact) mass is 510 g/mol. The summed E-state index contributed by atoms with van der Waals surface area (Å²) >= 11 is 5.90. The third kappa shape index (κ3) is 5.83. The summed E-state index contributed by atoms with van der Waals surface area (Å²) in [7, 11) is 0. The number of amides is 3. The molecule has 1 atom stereocenters. The van der Waals surface area contributed by atoms with Gasteiger partial charge in [-0.3, -0.25) is 23.7 Å². The summed E-state index contributed by atoms with van der Waals surface area (Å²) in [6.45, 7) is 3.78. The lowest BCUT2D eigenvalue weighted by atomic mass is 10.1. The molecule has 1 saturated heterocycles. The van der Waals surface area contributed by atoms with Crippen LogP contribution in [0.2, 0.25) is 5.02 Å². The number of anilines is 1. The molecule has 36 heavy (non-hydrogen) atoms. The van der Waals surface area contributed by atoms with Crippen LogP contribution in [0.15, 0.2) is 53.6 Å². The van der Waals surface area contributed by atoms with Crippen LogP contribution >= 0.6 is 11.6 Å². The molecule has 10 nitrogen and oxygen atoms in total. The largest absolute Gasteiger partial charge is 0.368 e. The number of aromatic nitrogens is 2. The smallest absolute Gasteiger partial charge is 0.261 e. The summed E-state index contributed by atoms with van der Waals surface area (Å²) in [4.78, 5) is 57.6. The summed E-state index contributed by atoms with van der Waals surface area (Å²) in [5.41, 5.74) is 7.27. The van der Waals surface area contributed by atoms with Crippen molar-refractivity contribution in [1.29, 1.82) is 0 Å². The van der Waals surface area contributed by atoms with Crippen molar-refractivity contribution in [2.75, 3.05) is 31.1 Å². The fourth-order valence-electron chi connectivity index (χ4n) is 4.21. The second-order valence-corrected chi connectivity index (χ2v) is 9.16. The summed E-state index contributed by atoms with van der Waals surface area (Å²) in [5, 5.41) is 3.54. The van der Waals surface area contributed by atoms with Crippen LogP contribution in [0.3, 0.4) is 0 Å². The number of nitrogens with two attached hydrogens (primary N) is 1. The number of nitrogens with one attached hydrogen (secondary N) is 1. The van der Waals surface area contributed by atoms with Crippen molar-refractivity contribution in [3.63, 3.8) is 0 Å². The maximum atomic E-state index is 13.2. The molecule has 4 rings (SSSR count). The van der Waals surface area contributed by atoms with Crippen molar-refractivity contribution >= 4 is 45.9 Å². The average Bonchev–Trinajstić information content (AvgIpc) is 2.86. The predicted molar refractivity (Wildman–Crippen MR) is 137 cm³/mol. The summed E-state index contributed by atoms with van der Waals surface area (Å²) in [6.07, 6.45) is 1.51. The first-order chi connectivity index (χ1) is 17.2. The van der Waals surface area contributed by atoms with Gasteiger partial charge in [0.1, 0.15) is 12.6 Å². The third-order valence-corrected chi connectivity index (χ3v) is 6.50. The number of hydrogen-bond acceptors (Lipinski definition) is 6. The maximum absolute atomic E-state index is 13.2. The van der Waals surface area contributed by atoms with Gasteiger partial charge in [0.05, 0.1) is 17.2 Å². The van der Waals surface area contributed by atoms with Gasteiger partial charge in [-0.05, 0) is 35.9 Å². The second kappa shape index (κ2) is 10.8. The van der Waals surface area contributed by atoms with Crippen LogP contribution in [-0.2, 0) is 27.3 Å². The molecule has 0 saturated carbocycles. The van der Waals surface area contributed by atoms with Crippen LogP contribution in [0.4, 0.5) is 5.69 Å². The molecule has 1 aliphatic heterocycles. The lowest BCUT2D eigenvalue weighted by Crippen LogP contribution is -2.48. The van der Waals surface area contributed by atoms with Crippen LogP contribution in [0, 0.1) is 0 Å². The van der Waals surface area contributed by atoms with E-state index in [0.29, 0.717) is 42.1 Å². The van der Waals surface area contributed by atoms with Gasteiger partial charge in [0.25, 0.3) is 5.56 Å². The molecule has 1 aliphatic rings. The van der Waals surface area contributed by atoms with Gasteiger partial charge < -0.3 is 20.9 Å². The molecule has 0 radical (unpaired) electrons. The van der Waals surface area contributed by atoms with Crippen LogP contribution in [-0.4, -0.2) is 64.4 Å². The molecule has 3 amide bonds. The van der Waals surface area contributed by atoms with E-state index in [1.807, 2.05) is 6.07 Å². The number of hydrogen-bond donors (Lipinski definition) is 2. The van der Waals surface area contributed by atoms with Gasteiger partial charge in [0, 0.05) is 50.2 Å². The molecule has 188 valence electrons. The van der Waals surface area contributed by atoms with Crippen LogP contribution < -0.4 is 21.5 Å². The lowest BCUT2D eigenvalue weighted by molar-refractivity contribution is -0.129. The first-order valence-electron chi connectivity index (χ1n) is 11.5. The Labute approximate surface area is 212 Å². The number of piperazine rings is 1. The zero-order valence-electron chi connectivity index (χ0n) is 19.8. The SMILES string of the molecule is CC(=O)N1CCN(c2ccc3ncn(CC(=O)NC(Cc4ccc(Cl)cc4)C(N)=O)c(=O)c3c2)CC1. The van der Waals surface area contributed by atoms with Gasteiger partial charge in [0.2, 0.25) is 17.7 Å². The lowest BCUT2D eigenvalue weighted by Gasteiger charge is -2.35. The van der Waals surface area contributed by atoms with E-state index in [1.54, 1.807) is 48.2 Å². The van der Waals surface area contributed by atoms with Gasteiger partial charge in [-0.25, -0.2) is 4.98 Å². The first kappa shape index (κ1) is 25.2. The molecule has 11 heteroatoms. The minimum absolute atomic E-state index is 0.0465. The van der Waals surface area contributed by atoms with Gasteiger partial charge in [0.15, 0.2) is 0 Å². The number of primary amides is 1. The Balaban J connectivity index is 1.48. The van der Waals surface area contributed by atoms with E-state index < -0.39 is 17.9 Å². The Morgan fingerprint density at radius 3 is 2.42 bits per heavy atom. The quantitative estimate of drug-likeness (QED) is 0.486. The van der Waals surface area contributed by atoms with E-state index >= 15 is 0 Å². The molecule has 2 heterocycles. The highest BCUT2D eigenvalue weighted by atomic mass is 35.5. The number of fused-ring (bicyclic) bond motifs is 1. The number of rotatable bonds is 7. The molecule has 1 fully saturated rings. The van der Waals surface area contributed by atoms with E-state index in [-0.39, 0.29) is 24.4 Å². The molecule has 3 aromatic rings. The van der Waals surface area contributed by atoms with E-state index in [4.69, 9.17) is 17.3 Å². The predicted octanol–water partition coefficient (Wildman–Crippen LogP) is 0.931. The fraction of sp³-hybridized carbons (Fsp3) is 0.320. The molecule has 2 aromatic carbocycles. The maximum Gasteiger partial charge on any atom is 0.261 e. The Morgan fingerprint density at radius 1 is 1.08 bits per heavy atom. The minimum Gasteiger partial charge on any atom is -0.368 e. The highest BCUT2D eigenvalue weighted by molar-refractivity contribution is 6.30. The molecular formula is C25H27ClN6O4. The van der Waals surface area contributed by atoms with E-state index in [9.17, 15) is 19.2 Å². The normalized spacial score (nSPS) is 14.5. The molecule has 0 bridgehead atoms. The zero-order valence-corrected chi connectivity index (χ0v) is 20.6. The zero-order chi connectivity index (χ0) is 25.8. The molecule has 1 unspecified atom stereocenters. The van der Waals surface area contributed by atoms with Crippen molar-refractivity contribution in [2.45, 2.75) is 25.9 Å². The number of nitrogens with zero attached hydrogens (tertiary/aromatic N) is 4. The minimum atomic E-state index is -0.942. The number of halogens is 1. The van der Waals surface area contributed by atoms with E-state index in [1.165, 1.54) is 10.9 Å². The van der Waals surface area contributed by atoms with Crippen molar-refractivity contribution in [3.8, 4) is 0 Å². The standard InChI is InChI=1S/C25H27ClN6O4/c1-16(33)30-8-10-31(11-9-30)19-6-7-21-20(13-19)25(36)32(15-28-21)14-23(34)29-22(24(27)35)12-17-2-4-18(26)5-3-17/h2-7,13,15,22H,8-12,14H2,1H3,(H2,27,35)(H,29,34). The van der Waals surface area contributed by atoms with Crippen LogP contribution in [0.1, 0.15) is 12.5 Å². The van der Waals surface area contributed by atoms with E-state index in [2.05, 4.69) is 15.2 Å². The van der Waals surface area contributed by atoms with Crippen LogP contribution in [0.5, 0.6) is 0 Å². The summed E-state index contributed by atoms with van der Waals surface area (Å²) in [6, 6.07) is 11.4. The highest BCUT2D eigenvalue weighted by Crippen LogP contribution is 2.20.